The Kier molecular flexibility index (Phi) is 12.1. The summed E-state index contributed by atoms with van der Waals surface area (Å²) >= 11 is 0. The smallest absolute Gasteiger partial charge is 0.547 e. The predicted octanol–water partition coefficient (Wildman–Crippen LogP) is -1.70. The molecule has 0 fully saturated rings. The van der Waals surface area contributed by atoms with Crippen molar-refractivity contribution in [1.29, 1.82) is 0 Å². The zero-order valence-electron chi connectivity index (χ0n) is 13.6. The Morgan fingerprint density at radius 1 is 0.720 bits per heavy atom. The van der Waals surface area contributed by atoms with Gasteiger partial charge in [0.2, 0.25) is 0 Å². The third-order valence-corrected chi connectivity index (χ3v) is 3.09. The molecular weight excluding hydrogens is 352 g/mol. The standard InChI is InChI=1S/2C9H10O3.Ca/c2*10-8(9(11)12)6-7-4-2-1-3-5-7;/h2*1-5,8,10H,6H2,(H,11,12);/q;;+2/p-2/t2*8-;/m11./s1. The minimum atomic E-state index is -1.43. The molecule has 0 saturated carbocycles. The van der Waals surface area contributed by atoms with Crippen LogP contribution in [0, 0.1) is 0 Å². The fourth-order valence-electron chi connectivity index (χ4n) is 1.84. The molecule has 0 amide bonds. The second-order valence-corrected chi connectivity index (χ2v) is 5.05. The van der Waals surface area contributed by atoms with Gasteiger partial charge in [-0.3, -0.25) is 0 Å². The molecule has 0 aliphatic rings. The van der Waals surface area contributed by atoms with Crippen LogP contribution in [0.2, 0.25) is 0 Å². The van der Waals surface area contributed by atoms with Gasteiger partial charge < -0.3 is 30.0 Å². The van der Waals surface area contributed by atoms with Crippen LogP contribution in [0.5, 0.6) is 0 Å². The molecule has 2 aromatic carbocycles. The fraction of sp³-hybridized carbons (Fsp3) is 0.222. The summed E-state index contributed by atoms with van der Waals surface area (Å²) in [6.45, 7) is 0. The second-order valence-electron chi connectivity index (χ2n) is 5.05. The number of carboxylic acids is 2. The third kappa shape index (κ3) is 10.2. The molecule has 2 aromatic rings. The van der Waals surface area contributed by atoms with E-state index in [1.165, 1.54) is 0 Å². The molecule has 2 N–H and O–H groups in total. The van der Waals surface area contributed by atoms with E-state index in [1.54, 1.807) is 48.5 Å². The van der Waals surface area contributed by atoms with Gasteiger partial charge in [-0.2, -0.15) is 0 Å². The maximum absolute atomic E-state index is 10.1. The molecule has 0 spiro atoms. The van der Waals surface area contributed by atoms with E-state index < -0.39 is 24.1 Å². The van der Waals surface area contributed by atoms with E-state index in [9.17, 15) is 19.8 Å². The molecule has 0 radical (unpaired) electrons. The zero-order chi connectivity index (χ0) is 17.9. The molecule has 2 rings (SSSR count). The van der Waals surface area contributed by atoms with E-state index in [2.05, 4.69) is 0 Å². The average Bonchev–Trinajstić information content (AvgIpc) is 2.57. The van der Waals surface area contributed by atoms with Gasteiger partial charge in [-0.15, -0.1) is 0 Å². The van der Waals surface area contributed by atoms with Gasteiger partial charge in [0.05, 0.1) is 24.1 Å². The van der Waals surface area contributed by atoms with Crippen molar-refractivity contribution in [3.8, 4) is 0 Å². The maximum Gasteiger partial charge on any atom is 2.00 e. The van der Waals surface area contributed by atoms with Gasteiger partial charge in [-0.1, -0.05) is 60.7 Å². The Bertz CT molecular complexity index is 575. The van der Waals surface area contributed by atoms with Crippen LogP contribution in [-0.4, -0.2) is 72.1 Å². The van der Waals surface area contributed by atoms with Crippen LogP contribution in [0.4, 0.5) is 0 Å². The zero-order valence-corrected chi connectivity index (χ0v) is 15.8. The number of hydrogen-bond acceptors (Lipinski definition) is 6. The molecule has 25 heavy (non-hydrogen) atoms. The topological polar surface area (TPSA) is 121 Å². The van der Waals surface area contributed by atoms with Crippen molar-refractivity contribution in [2.45, 2.75) is 25.0 Å². The van der Waals surface area contributed by atoms with Crippen molar-refractivity contribution in [1.82, 2.24) is 0 Å². The molecule has 2 atom stereocenters. The van der Waals surface area contributed by atoms with Gasteiger partial charge >= 0.3 is 37.7 Å². The number of aliphatic carboxylic acids is 2. The average molecular weight is 370 g/mol. The summed E-state index contributed by atoms with van der Waals surface area (Å²) in [5.74, 6) is -2.86. The predicted molar refractivity (Wildman–Crippen MR) is 88.1 cm³/mol. The van der Waals surface area contributed by atoms with Crippen LogP contribution < -0.4 is 10.2 Å². The molecule has 0 aromatic heterocycles. The normalized spacial score (nSPS) is 11.9. The van der Waals surface area contributed by atoms with Crippen LogP contribution >= 0.6 is 0 Å². The first-order valence-corrected chi connectivity index (χ1v) is 7.26. The number of aliphatic hydroxyl groups excluding tert-OH is 2. The summed E-state index contributed by atoms with van der Waals surface area (Å²) in [4.78, 5) is 20.3. The Balaban J connectivity index is 0.000000443. The van der Waals surface area contributed by atoms with Crippen LogP contribution in [-0.2, 0) is 22.4 Å². The first-order valence-electron chi connectivity index (χ1n) is 7.26. The van der Waals surface area contributed by atoms with E-state index >= 15 is 0 Å². The van der Waals surface area contributed by atoms with E-state index in [-0.39, 0.29) is 50.6 Å². The molecule has 0 bridgehead atoms. The molecule has 0 aliphatic carbocycles. The number of aliphatic hydroxyl groups is 2. The molecular formula is C18H18CaO6. The summed E-state index contributed by atoms with van der Waals surface area (Å²) in [5.41, 5.74) is 1.57. The Hall–Kier alpha value is -1.44. The first-order chi connectivity index (χ1) is 11.4. The molecule has 0 unspecified atom stereocenters. The van der Waals surface area contributed by atoms with Crippen LogP contribution in [0.25, 0.3) is 0 Å². The van der Waals surface area contributed by atoms with Crippen molar-refractivity contribution in [3.05, 3.63) is 71.8 Å². The van der Waals surface area contributed by atoms with Crippen molar-refractivity contribution < 1.29 is 30.0 Å². The number of carbonyl (C=O) groups excluding carboxylic acids is 2. The minimum absolute atomic E-state index is 0. The summed E-state index contributed by atoms with van der Waals surface area (Å²) in [6, 6.07) is 17.8. The maximum atomic E-state index is 10.1. The van der Waals surface area contributed by atoms with E-state index in [1.807, 2.05) is 12.1 Å². The molecule has 0 heterocycles. The number of carbonyl (C=O) groups is 2. The minimum Gasteiger partial charge on any atom is -0.547 e. The second kappa shape index (κ2) is 12.9. The molecule has 0 saturated heterocycles. The van der Waals surface area contributed by atoms with Crippen molar-refractivity contribution in [3.63, 3.8) is 0 Å². The summed E-state index contributed by atoms with van der Waals surface area (Å²) in [7, 11) is 0. The number of hydrogen-bond donors (Lipinski definition) is 2. The van der Waals surface area contributed by atoms with Crippen molar-refractivity contribution >= 4 is 49.7 Å². The molecule has 7 heteroatoms. The Morgan fingerprint density at radius 3 is 1.24 bits per heavy atom. The first kappa shape index (κ1) is 23.6. The number of benzene rings is 2. The van der Waals surface area contributed by atoms with Gasteiger partial charge in [-0.25, -0.2) is 0 Å². The summed E-state index contributed by atoms with van der Waals surface area (Å²) in [5, 5.41) is 38.1. The van der Waals surface area contributed by atoms with Gasteiger partial charge in [0.25, 0.3) is 0 Å². The third-order valence-electron chi connectivity index (χ3n) is 3.09. The number of rotatable bonds is 6. The van der Waals surface area contributed by atoms with Crippen LogP contribution in [0.3, 0.4) is 0 Å². The summed E-state index contributed by atoms with van der Waals surface area (Å²) in [6.07, 6.45) is -2.62. The van der Waals surface area contributed by atoms with Crippen molar-refractivity contribution in [2.75, 3.05) is 0 Å². The summed E-state index contributed by atoms with van der Waals surface area (Å²) < 4.78 is 0. The monoisotopic (exact) mass is 370 g/mol. The largest absolute Gasteiger partial charge is 2.00 e. The van der Waals surface area contributed by atoms with Gasteiger partial charge in [-0.05, 0) is 11.1 Å². The van der Waals surface area contributed by atoms with Gasteiger partial charge in [0, 0.05) is 12.8 Å². The van der Waals surface area contributed by atoms with Crippen molar-refractivity contribution in [2.24, 2.45) is 0 Å². The van der Waals surface area contributed by atoms with E-state index in [4.69, 9.17) is 10.2 Å². The number of carboxylic acid groups (broad SMARTS) is 2. The van der Waals surface area contributed by atoms with Gasteiger partial charge in [0.1, 0.15) is 0 Å². The fourth-order valence-corrected chi connectivity index (χ4v) is 1.84. The SMILES string of the molecule is O=C([O-])[C@H](O)Cc1ccccc1.O=C([O-])[C@H](O)Cc1ccccc1.[Ca+2]. The van der Waals surface area contributed by atoms with Crippen LogP contribution in [0.1, 0.15) is 11.1 Å². The van der Waals surface area contributed by atoms with E-state index in [0.717, 1.165) is 11.1 Å². The molecule has 128 valence electrons. The Labute approximate surface area is 175 Å². The van der Waals surface area contributed by atoms with Gasteiger partial charge in [0.15, 0.2) is 0 Å². The quantitative estimate of drug-likeness (QED) is 0.585. The Morgan fingerprint density at radius 2 is 1.00 bits per heavy atom. The van der Waals surface area contributed by atoms with Crippen LogP contribution in [0.15, 0.2) is 60.7 Å². The molecule has 0 aliphatic heterocycles. The molecule has 6 nitrogen and oxygen atoms in total. The van der Waals surface area contributed by atoms with E-state index in [0.29, 0.717) is 0 Å².